The summed E-state index contributed by atoms with van der Waals surface area (Å²) in [6.07, 6.45) is 0. The fraction of sp³-hybridized carbons (Fsp3) is 0.200. The van der Waals surface area contributed by atoms with Crippen LogP contribution in [-0.4, -0.2) is 12.5 Å². The highest BCUT2D eigenvalue weighted by atomic mass is 16.1. The van der Waals surface area contributed by atoms with E-state index in [4.69, 9.17) is 11.0 Å². The summed E-state index contributed by atoms with van der Waals surface area (Å²) in [5, 5.41) is 11.3. The van der Waals surface area contributed by atoms with E-state index in [0.29, 0.717) is 0 Å². The lowest BCUT2D eigenvalue weighted by atomic mass is 10.1. The SMILES string of the molecule is N#CC(NC(=O)CN)c1ccccc1. The van der Waals surface area contributed by atoms with E-state index < -0.39 is 6.04 Å². The van der Waals surface area contributed by atoms with Crippen LogP contribution in [0.1, 0.15) is 11.6 Å². The molecule has 0 saturated carbocycles. The van der Waals surface area contributed by atoms with Crippen molar-refractivity contribution in [2.75, 3.05) is 6.54 Å². The van der Waals surface area contributed by atoms with Gasteiger partial charge < -0.3 is 11.1 Å². The highest BCUT2D eigenvalue weighted by Gasteiger charge is 2.11. The van der Waals surface area contributed by atoms with Gasteiger partial charge in [0.2, 0.25) is 5.91 Å². The van der Waals surface area contributed by atoms with Crippen molar-refractivity contribution in [3.63, 3.8) is 0 Å². The highest BCUT2D eigenvalue weighted by Crippen LogP contribution is 2.10. The van der Waals surface area contributed by atoms with Crippen LogP contribution >= 0.6 is 0 Å². The second-order valence-corrected chi connectivity index (χ2v) is 2.74. The summed E-state index contributed by atoms with van der Waals surface area (Å²) in [7, 11) is 0. The fourth-order valence-electron chi connectivity index (χ4n) is 1.06. The van der Waals surface area contributed by atoms with E-state index in [2.05, 4.69) is 5.32 Å². The number of rotatable bonds is 3. The van der Waals surface area contributed by atoms with Gasteiger partial charge in [-0.3, -0.25) is 4.79 Å². The smallest absolute Gasteiger partial charge is 0.235 e. The van der Waals surface area contributed by atoms with Crippen LogP contribution in [0.25, 0.3) is 0 Å². The summed E-state index contributed by atoms with van der Waals surface area (Å²) in [4.78, 5) is 11.0. The Morgan fingerprint density at radius 1 is 1.50 bits per heavy atom. The van der Waals surface area contributed by atoms with Crippen molar-refractivity contribution < 1.29 is 4.79 Å². The molecule has 0 aliphatic heterocycles. The zero-order valence-corrected chi connectivity index (χ0v) is 7.60. The van der Waals surface area contributed by atoms with E-state index in [1.54, 1.807) is 12.1 Å². The van der Waals surface area contributed by atoms with Gasteiger partial charge in [0.25, 0.3) is 0 Å². The van der Waals surface area contributed by atoms with Crippen molar-refractivity contribution >= 4 is 5.91 Å². The first kappa shape index (κ1) is 10.2. The minimum atomic E-state index is -0.618. The summed E-state index contributed by atoms with van der Waals surface area (Å²) in [6.45, 7) is -0.106. The van der Waals surface area contributed by atoms with Crippen molar-refractivity contribution in [1.82, 2.24) is 5.32 Å². The monoisotopic (exact) mass is 189 g/mol. The van der Waals surface area contributed by atoms with Gasteiger partial charge in [-0.2, -0.15) is 5.26 Å². The summed E-state index contributed by atoms with van der Waals surface area (Å²) in [6, 6.07) is 10.4. The second kappa shape index (κ2) is 5.00. The van der Waals surface area contributed by atoms with Crippen molar-refractivity contribution in [2.24, 2.45) is 5.73 Å². The minimum absolute atomic E-state index is 0.106. The molecule has 1 atom stereocenters. The number of nitrogens with one attached hydrogen (secondary N) is 1. The van der Waals surface area contributed by atoms with Gasteiger partial charge in [0.05, 0.1) is 12.6 Å². The lowest BCUT2D eigenvalue weighted by molar-refractivity contribution is -0.120. The van der Waals surface area contributed by atoms with Crippen LogP contribution < -0.4 is 11.1 Å². The normalized spacial score (nSPS) is 11.4. The van der Waals surface area contributed by atoms with E-state index in [9.17, 15) is 4.79 Å². The number of nitrogens with zero attached hydrogens (tertiary/aromatic N) is 1. The largest absolute Gasteiger partial charge is 0.336 e. The van der Waals surface area contributed by atoms with Gasteiger partial charge in [0.1, 0.15) is 6.04 Å². The summed E-state index contributed by atoms with van der Waals surface area (Å²) >= 11 is 0. The van der Waals surface area contributed by atoms with Crippen molar-refractivity contribution in [3.8, 4) is 6.07 Å². The molecule has 14 heavy (non-hydrogen) atoms. The zero-order chi connectivity index (χ0) is 10.4. The molecule has 4 nitrogen and oxygen atoms in total. The van der Waals surface area contributed by atoms with E-state index in [0.717, 1.165) is 5.56 Å². The molecule has 0 aliphatic rings. The molecule has 0 heterocycles. The molecule has 1 aromatic rings. The topological polar surface area (TPSA) is 78.9 Å². The Bertz CT molecular complexity index is 342. The first-order chi connectivity index (χ1) is 6.77. The van der Waals surface area contributed by atoms with Crippen LogP contribution in [0.15, 0.2) is 30.3 Å². The van der Waals surface area contributed by atoms with Crippen molar-refractivity contribution in [1.29, 1.82) is 5.26 Å². The number of carbonyl (C=O) groups is 1. The minimum Gasteiger partial charge on any atom is -0.336 e. The van der Waals surface area contributed by atoms with Crippen LogP contribution in [0, 0.1) is 11.3 Å². The average Bonchev–Trinajstić information content (AvgIpc) is 2.26. The predicted molar refractivity (Wildman–Crippen MR) is 52.0 cm³/mol. The summed E-state index contributed by atoms with van der Waals surface area (Å²) < 4.78 is 0. The summed E-state index contributed by atoms with van der Waals surface area (Å²) in [5.74, 6) is -0.333. The van der Waals surface area contributed by atoms with Gasteiger partial charge in [-0.15, -0.1) is 0 Å². The van der Waals surface area contributed by atoms with Gasteiger partial charge >= 0.3 is 0 Å². The molecule has 0 radical (unpaired) electrons. The molecule has 1 unspecified atom stereocenters. The van der Waals surface area contributed by atoms with E-state index in [1.807, 2.05) is 24.3 Å². The molecular weight excluding hydrogens is 178 g/mol. The first-order valence-corrected chi connectivity index (χ1v) is 4.22. The number of amides is 1. The van der Waals surface area contributed by atoms with Gasteiger partial charge in [0, 0.05) is 0 Å². The number of carbonyl (C=O) groups excluding carboxylic acids is 1. The second-order valence-electron chi connectivity index (χ2n) is 2.74. The van der Waals surface area contributed by atoms with Crippen LogP contribution in [0.5, 0.6) is 0 Å². The van der Waals surface area contributed by atoms with Crippen LogP contribution in [0.4, 0.5) is 0 Å². The molecule has 4 heteroatoms. The summed E-state index contributed by atoms with van der Waals surface area (Å²) in [5.41, 5.74) is 5.89. The number of nitriles is 1. The molecular formula is C10H11N3O. The Morgan fingerprint density at radius 2 is 2.14 bits per heavy atom. The Balaban J connectivity index is 2.74. The molecule has 0 spiro atoms. The quantitative estimate of drug-likeness (QED) is 0.719. The number of hydrogen-bond acceptors (Lipinski definition) is 3. The van der Waals surface area contributed by atoms with Crippen LogP contribution in [-0.2, 0) is 4.79 Å². The molecule has 0 bridgehead atoms. The molecule has 1 rings (SSSR count). The maximum absolute atomic E-state index is 11.0. The molecule has 0 aromatic heterocycles. The van der Waals surface area contributed by atoms with Gasteiger partial charge in [-0.25, -0.2) is 0 Å². The predicted octanol–water partition coefficient (Wildman–Crippen LogP) is 0.326. The standard InChI is InChI=1S/C10H11N3O/c11-6-9(13-10(14)7-12)8-4-2-1-3-5-8/h1-5,9H,7,12H2,(H,13,14). The maximum Gasteiger partial charge on any atom is 0.235 e. The third-order valence-electron chi connectivity index (χ3n) is 1.75. The molecule has 1 aromatic carbocycles. The van der Waals surface area contributed by atoms with Gasteiger partial charge in [0.15, 0.2) is 0 Å². The Labute approximate surface area is 82.3 Å². The first-order valence-electron chi connectivity index (χ1n) is 4.22. The van der Waals surface area contributed by atoms with Crippen LogP contribution in [0.3, 0.4) is 0 Å². The Morgan fingerprint density at radius 3 is 2.64 bits per heavy atom. The number of hydrogen-bond donors (Lipinski definition) is 2. The molecule has 0 fully saturated rings. The molecule has 72 valence electrons. The van der Waals surface area contributed by atoms with Gasteiger partial charge in [-0.1, -0.05) is 30.3 Å². The molecule has 3 N–H and O–H groups in total. The van der Waals surface area contributed by atoms with Crippen LogP contribution in [0.2, 0.25) is 0 Å². The zero-order valence-electron chi connectivity index (χ0n) is 7.60. The fourth-order valence-corrected chi connectivity index (χ4v) is 1.06. The number of benzene rings is 1. The maximum atomic E-state index is 11.0. The van der Waals surface area contributed by atoms with Crippen molar-refractivity contribution in [2.45, 2.75) is 6.04 Å². The Kier molecular flexibility index (Phi) is 3.65. The lowest BCUT2D eigenvalue weighted by Crippen LogP contribution is -2.33. The van der Waals surface area contributed by atoms with E-state index >= 15 is 0 Å². The third kappa shape index (κ3) is 2.57. The van der Waals surface area contributed by atoms with E-state index in [1.165, 1.54) is 0 Å². The third-order valence-corrected chi connectivity index (χ3v) is 1.75. The lowest BCUT2D eigenvalue weighted by Gasteiger charge is -2.10. The van der Waals surface area contributed by atoms with Crippen molar-refractivity contribution in [3.05, 3.63) is 35.9 Å². The molecule has 0 aliphatic carbocycles. The van der Waals surface area contributed by atoms with Gasteiger partial charge in [-0.05, 0) is 5.56 Å². The molecule has 0 saturated heterocycles. The molecule has 1 amide bonds. The van der Waals surface area contributed by atoms with E-state index in [-0.39, 0.29) is 12.5 Å². The average molecular weight is 189 g/mol. The number of nitrogens with two attached hydrogens (primary N) is 1. The highest BCUT2D eigenvalue weighted by molar-refractivity contribution is 5.78. The Hall–Kier alpha value is -1.86.